The van der Waals surface area contributed by atoms with Crippen molar-refractivity contribution in [1.82, 2.24) is 0 Å². The molecule has 0 aliphatic rings. The summed E-state index contributed by atoms with van der Waals surface area (Å²) in [6.07, 6.45) is -45.1. The van der Waals surface area contributed by atoms with E-state index in [1.54, 1.807) is 9.47 Å². The number of hydrogen-bond donors (Lipinski definition) is 2. The lowest BCUT2D eigenvalue weighted by molar-refractivity contribution is -0.475. The van der Waals surface area contributed by atoms with E-state index in [9.17, 15) is 106 Å². The quantitative estimate of drug-likeness (QED) is 0.186. The molecular weight excluding hydrogens is 750 g/mol. The molecule has 2 N–H and O–H groups in total. The Morgan fingerprint density at radius 2 is 0.660 bits per heavy atom. The first-order valence-corrected chi connectivity index (χ1v) is 10.4. The summed E-state index contributed by atoms with van der Waals surface area (Å²) in [5.41, 5.74) is -3.55. The Kier molecular flexibility index (Phi) is 12.2. The molecule has 0 aromatic rings. The van der Waals surface area contributed by atoms with Crippen LogP contribution in [0, 0.1) is 5.41 Å². The number of esters is 2. The predicted octanol–water partition coefficient (Wildman–Crippen LogP) is 5.11. The minimum atomic E-state index is -7.71. The summed E-state index contributed by atoms with van der Waals surface area (Å²) >= 11 is 0. The number of alkyl halides is 22. The second-order valence-electron chi connectivity index (χ2n) is 8.54. The van der Waals surface area contributed by atoms with Gasteiger partial charge in [0.25, 0.3) is 0 Å². The van der Waals surface area contributed by atoms with Crippen molar-refractivity contribution in [3.05, 3.63) is 0 Å². The summed E-state index contributed by atoms with van der Waals surface area (Å²) in [5, 5.41) is 18.3. The lowest BCUT2D eigenvalue weighted by atomic mass is 9.92. The fraction of sp³-hybridized carbons (Fsp3) is 0.882. The Labute approximate surface area is 241 Å². The second-order valence-corrected chi connectivity index (χ2v) is 8.54. The lowest BCUT2D eigenvalue weighted by Crippen LogP contribution is -2.62. The minimum Gasteiger partial charge on any atom is -0.460 e. The van der Waals surface area contributed by atoms with Crippen molar-refractivity contribution in [1.29, 1.82) is 0 Å². The minimum absolute atomic E-state index is 1.77. The molecule has 0 aliphatic heterocycles. The van der Waals surface area contributed by atoms with E-state index >= 15 is 0 Å². The maximum Gasteiger partial charge on any atom is 0.462 e. The largest absolute Gasteiger partial charge is 0.462 e. The number of hydrogen-bond acceptors (Lipinski definition) is 8. The number of halogens is 22. The first-order chi connectivity index (χ1) is 20.3. The van der Waals surface area contributed by atoms with Crippen molar-refractivity contribution in [2.75, 3.05) is 26.4 Å². The number of rotatable bonds is 14. The number of aliphatic hydroxyl groups excluding tert-OH is 2. The first-order valence-electron chi connectivity index (χ1n) is 10.4. The summed E-state index contributed by atoms with van der Waals surface area (Å²) in [6.45, 7) is -9.67. The molecule has 0 aromatic carbocycles. The van der Waals surface area contributed by atoms with Gasteiger partial charge in [-0.1, -0.05) is 0 Å². The first kappa shape index (κ1) is 44.2. The third-order valence-electron chi connectivity index (χ3n) is 4.92. The Morgan fingerprint density at radius 1 is 0.426 bits per heavy atom. The topological polar surface area (TPSA) is 112 Å². The molecule has 2 atom stereocenters. The summed E-state index contributed by atoms with van der Waals surface area (Å²) in [5.74, 6) is -37.9. The summed E-state index contributed by atoms with van der Waals surface area (Å²) in [6, 6.07) is 0. The predicted molar refractivity (Wildman–Crippen MR) is 92.4 cm³/mol. The van der Waals surface area contributed by atoms with Gasteiger partial charge in [-0.25, -0.2) is 9.59 Å². The Balaban J connectivity index is 6.38. The Morgan fingerprint density at radius 3 is 0.830 bits per heavy atom. The normalized spacial score (nSPS) is 17.5. The van der Waals surface area contributed by atoms with Crippen LogP contribution in [0.3, 0.4) is 0 Å². The molecule has 0 spiro atoms. The van der Waals surface area contributed by atoms with Crippen LogP contribution in [0.5, 0.6) is 0 Å². The van der Waals surface area contributed by atoms with Gasteiger partial charge in [0.2, 0.25) is 0 Å². The Hall–Kier alpha value is -2.76. The highest BCUT2D eigenvalue weighted by Crippen LogP contribution is 2.53. The van der Waals surface area contributed by atoms with Gasteiger partial charge in [0.1, 0.15) is 13.2 Å². The van der Waals surface area contributed by atoms with Crippen molar-refractivity contribution in [2.45, 2.75) is 60.5 Å². The zero-order valence-electron chi connectivity index (χ0n) is 21.0. The summed E-state index contributed by atoms with van der Waals surface area (Å²) < 4.78 is 294. The van der Waals surface area contributed by atoms with Gasteiger partial charge in [-0.15, -0.1) is 0 Å². The third kappa shape index (κ3) is 8.46. The molecule has 0 fully saturated rings. The van der Waals surface area contributed by atoms with E-state index in [2.05, 4.69) is 9.47 Å². The van der Waals surface area contributed by atoms with Crippen LogP contribution in [0.25, 0.3) is 0 Å². The standard InChI is InChI=1S/C17H10F22O8/c18-8(12(24,25)26,46-16(36,37)10(20,21)14(30,31)32)5(42)44-3-7(1-40,2-41)4-45-6(43)9(19,13(27,28)29)47-17(38,39)11(22,23)15(33,34)35/h40-41H,1-4H2. The van der Waals surface area contributed by atoms with Crippen LogP contribution in [0.1, 0.15) is 0 Å². The van der Waals surface area contributed by atoms with Crippen molar-refractivity contribution in [2.24, 2.45) is 5.41 Å². The molecule has 280 valence electrons. The fourth-order valence-electron chi connectivity index (χ4n) is 2.14. The zero-order chi connectivity index (χ0) is 38.3. The van der Waals surface area contributed by atoms with Crippen molar-refractivity contribution >= 4 is 11.9 Å². The maximum atomic E-state index is 14.2. The molecule has 0 saturated heterocycles. The fourth-order valence-corrected chi connectivity index (χ4v) is 2.14. The lowest BCUT2D eigenvalue weighted by Gasteiger charge is -2.35. The van der Waals surface area contributed by atoms with E-state index in [0.29, 0.717) is 0 Å². The molecule has 0 heterocycles. The monoisotopic (exact) mass is 760 g/mol. The molecule has 30 heteroatoms. The SMILES string of the molecule is O=C(OCC(CO)(CO)COC(=O)C(F)(OC(F)(F)C(F)(F)C(F)(F)F)C(F)(F)F)C(F)(OC(F)(F)C(F)(F)C(F)(F)F)C(F)(F)F. The van der Waals surface area contributed by atoms with Gasteiger partial charge in [0.05, 0.1) is 18.6 Å². The van der Waals surface area contributed by atoms with Gasteiger partial charge in [-0.2, -0.15) is 96.6 Å². The van der Waals surface area contributed by atoms with Crippen molar-refractivity contribution < 1.29 is 135 Å². The molecule has 0 radical (unpaired) electrons. The average molecular weight is 760 g/mol. The second kappa shape index (κ2) is 12.9. The van der Waals surface area contributed by atoms with Crippen LogP contribution in [0.2, 0.25) is 0 Å². The molecule has 2 unspecified atom stereocenters. The number of ether oxygens (including phenoxy) is 4. The van der Waals surface area contributed by atoms with E-state index in [4.69, 9.17) is 10.2 Å². The maximum absolute atomic E-state index is 14.2. The third-order valence-corrected chi connectivity index (χ3v) is 4.92. The van der Waals surface area contributed by atoms with Crippen LogP contribution >= 0.6 is 0 Å². The van der Waals surface area contributed by atoms with Crippen LogP contribution < -0.4 is 0 Å². The van der Waals surface area contributed by atoms with E-state index in [1.165, 1.54) is 0 Å². The summed E-state index contributed by atoms with van der Waals surface area (Å²) in [7, 11) is 0. The Bertz CT molecular complexity index is 1020. The van der Waals surface area contributed by atoms with Crippen molar-refractivity contribution in [3.63, 3.8) is 0 Å². The smallest absolute Gasteiger partial charge is 0.460 e. The highest BCUT2D eigenvalue weighted by molar-refractivity contribution is 5.79. The van der Waals surface area contributed by atoms with E-state index in [1.807, 2.05) is 0 Å². The van der Waals surface area contributed by atoms with Gasteiger partial charge >= 0.3 is 72.4 Å². The average Bonchev–Trinajstić information content (AvgIpc) is 2.85. The molecule has 47 heavy (non-hydrogen) atoms. The van der Waals surface area contributed by atoms with Gasteiger partial charge in [-0.05, 0) is 0 Å². The van der Waals surface area contributed by atoms with Crippen LogP contribution in [-0.4, -0.2) is 109 Å². The molecule has 0 bridgehead atoms. The van der Waals surface area contributed by atoms with Gasteiger partial charge < -0.3 is 19.7 Å². The van der Waals surface area contributed by atoms with Gasteiger partial charge in [-0.3, -0.25) is 9.47 Å². The highest BCUT2D eigenvalue weighted by Gasteiger charge is 2.81. The van der Waals surface area contributed by atoms with Crippen LogP contribution in [0.4, 0.5) is 96.6 Å². The number of aliphatic hydroxyl groups is 2. The molecular formula is C17H10F22O8. The zero-order valence-corrected chi connectivity index (χ0v) is 21.0. The summed E-state index contributed by atoms with van der Waals surface area (Å²) in [4.78, 5) is 23.1. The van der Waals surface area contributed by atoms with Crippen LogP contribution in [-0.2, 0) is 28.5 Å². The van der Waals surface area contributed by atoms with Gasteiger partial charge in [0.15, 0.2) is 0 Å². The highest BCUT2D eigenvalue weighted by atomic mass is 19.4. The van der Waals surface area contributed by atoms with Crippen molar-refractivity contribution in [3.8, 4) is 0 Å². The van der Waals surface area contributed by atoms with Gasteiger partial charge in [0, 0.05) is 0 Å². The molecule has 0 aliphatic carbocycles. The number of carbonyl (C=O) groups excluding carboxylic acids is 2. The van der Waals surface area contributed by atoms with E-state index < -0.39 is 104 Å². The molecule has 0 amide bonds. The molecule has 8 nitrogen and oxygen atoms in total. The molecule has 0 rings (SSSR count). The molecule has 0 saturated carbocycles. The van der Waals surface area contributed by atoms with E-state index in [0.717, 1.165) is 0 Å². The number of carbonyl (C=O) groups is 2. The van der Waals surface area contributed by atoms with Crippen LogP contribution in [0.15, 0.2) is 0 Å². The van der Waals surface area contributed by atoms with E-state index in [-0.39, 0.29) is 0 Å². The molecule has 0 aromatic heterocycles.